The number of ether oxygens (including phenoxy) is 1. The van der Waals surface area contributed by atoms with Crippen molar-refractivity contribution in [3.8, 4) is 0 Å². The van der Waals surface area contributed by atoms with Gasteiger partial charge in [-0.25, -0.2) is 14.6 Å². The second-order valence-corrected chi connectivity index (χ2v) is 7.57. The maximum Gasteiger partial charge on any atom is 0.410 e. The Bertz CT molecular complexity index is 1020. The summed E-state index contributed by atoms with van der Waals surface area (Å²) in [4.78, 5) is 29.8. The van der Waals surface area contributed by atoms with Gasteiger partial charge in [0.25, 0.3) is 0 Å². The molecule has 0 saturated heterocycles. The van der Waals surface area contributed by atoms with Crippen LogP contribution in [0.25, 0.3) is 11.0 Å². The Morgan fingerprint density at radius 1 is 1.21 bits per heavy atom. The molecule has 7 nitrogen and oxygen atoms in total. The minimum Gasteiger partial charge on any atom is -0.480 e. The average Bonchev–Trinajstić information content (AvgIpc) is 3.03. The number of aryl methyl sites for hydroxylation is 2. The second kappa shape index (κ2) is 9.09. The number of carboxylic acid groups (broad SMARTS) is 1. The second-order valence-electron chi connectivity index (χ2n) is 6.71. The number of nitrogens with zero attached hydrogens (tertiary/aromatic N) is 3. The topological polar surface area (TPSA) is 84.7 Å². The lowest BCUT2D eigenvalue weighted by Crippen LogP contribution is -2.43. The molecular formula is C21H22BrN3O4. The number of para-hydroxylation sites is 1. The van der Waals surface area contributed by atoms with E-state index in [2.05, 4.69) is 20.9 Å². The van der Waals surface area contributed by atoms with E-state index < -0.39 is 18.1 Å². The molecule has 1 N–H and O–H groups in total. The van der Waals surface area contributed by atoms with E-state index in [0.717, 1.165) is 31.8 Å². The maximum absolute atomic E-state index is 12.4. The molecule has 0 aliphatic carbocycles. The number of aliphatic carboxylic acids is 1. The van der Waals surface area contributed by atoms with Crippen LogP contribution in [0, 0.1) is 6.92 Å². The molecule has 3 rings (SSSR count). The fourth-order valence-electron chi connectivity index (χ4n) is 3.21. The van der Waals surface area contributed by atoms with Gasteiger partial charge in [0.1, 0.15) is 18.5 Å². The minimum atomic E-state index is -1.08. The summed E-state index contributed by atoms with van der Waals surface area (Å²) < 4.78 is 8.11. The zero-order chi connectivity index (χ0) is 21.0. The number of hydrogen-bond acceptors (Lipinski definition) is 4. The molecule has 0 radical (unpaired) electrons. The summed E-state index contributed by atoms with van der Waals surface area (Å²) in [6, 6.07) is 14.0. The van der Waals surface area contributed by atoms with Gasteiger partial charge in [0.15, 0.2) is 0 Å². The van der Waals surface area contributed by atoms with Crippen molar-refractivity contribution >= 4 is 39.0 Å². The Balaban J connectivity index is 1.69. The first kappa shape index (κ1) is 20.9. The third kappa shape index (κ3) is 4.76. The first-order chi connectivity index (χ1) is 13.9. The van der Waals surface area contributed by atoms with Crippen LogP contribution in [0.15, 0.2) is 53.0 Å². The lowest BCUT2D eigenvalue weighted by atomic mass is 10.2. The highest BCUT2D eigenvalue weighted by Gasteiger charge is 2.28. The van der Waals surface area contributed by atoms with Gasteiger partial charge in [0.2, 0.25) is 0 Å². The lowest BCUT2D eigenvalue weighted by molar-refractivity contribution is -0.142. The first-order valence-electron chi connectivity index (χ1n) is 9.16. The Hall–Kier alpha value is -2.87. The number of carbonyl (C=O) groups excluding carboxylic acids is 1. The van der Waals surface area contributed by atoms with E-state index in [4.69, 9.17) is 4.74 Å². The minimum absolute atomic E-state index is 0.0918. The van der Waals surface area contributed by atoms with Crippen molar-refractivity contribution in [1.29, 1.82) is 0 Å². The van der Waals surface area contributed by atoms with E-state index in [1.54, 1.807) is 0 Å². The van der Waals surface area contributed by atoms with Crippen LogP contribution in [-0.2, 0) is 22.7 Å². The molecule has 1 unspecified atom stereocenters. The van der Waals surface area contributed by atoms with Gasteiger partial charge in [-0.05, 0) is 47.0 Å². The van der Waals surface area contributed by atoms with Crippen LogP contribution in [0.1, 0.15) is 17.8 Å². The van der Waals surface area contributed by atoms with Crippen LogP contribution < -0.4 is 0 Å². The molecule has 0 spiro atoms. The number of carbonyl (C=O) groups is 2. The van der Waals surface area contributed by atoms with Gasteiger partial charge >= 0.3 is 12.1 Å². The number of fused-ring (bicyclic) bond motifs is 1. The zero-order valence-corrected chi connectivity index (χ0v) is 17.8. The van der Waals surface area contributed by atoms with Gasteiger partial charge in [0, 0.05) is 18.1 Å². The SMILES string of the molecule is Cc1nc2cccc(Br)c2n1CCC(C(=O)O)N(C)C(=O)OCc1ccccc1. The summed E-state index contributed by atoms with van der Waals surface area (Å²) in [6.07, 6.45) is -0.449. The quantitative estimate of drug-likeness (QED) is 0.571. The number of hydrogen-bond donors (Lipinski definition) is 1. The number of rotatable bonds is 7. The van der Waals surface area contributed by atoms with E-state index in [-0.39, 0.29) is 13.0 Å². The highest BCUT2D eigenvalue weighted by molar-refractivity contribution is 9.10. The zero-order valence-electron chi connectivity index (χ0n) is 16.2. The number of likely N-dealkylation sites (N-methyl/N-ethyl adjacent to an activating group) is 1. The largest absolute Gasteiger partial charge is 0.480 e. The highest BCUT2D eigenvalue weighted by atomic mass is 79.9. The number of aromatic nitrogens is 2. The Labute approximate surface area is 177 Å². The Kier molecular flexibility index (Phi) is 6.53. The number of imidazole rings is 1. The van der Waals surface area contributed by atoms with Crippen LogP contribution >= 0.6 is 15.9 Å². The summed E-state index contributed by atoms with van der Waals surface area (Å²) in [5, 5.41) is 9.66. The Morgan fingerprint density at radius 2 is 1.93 bits per heavy atom. The van der Waals surface area contributed by atoms with Crippen LogP contribution in [0.3, 0.4) is 0 Å². The van der Waals surface area contributed by atoms with Crippen molar-refractivity contribution in [2.45, 2.75) is 32.5 Å². The monoisotopic (exact) mass is 459 g/mol. The number of carboxylic acids is 1. The molecule has 0 fully saturated rings. The third-order valence-electron chi connectivity index (χ3n) is 4.78. The lowest BCUT2D eigenvalue weighted by Gasteiger charge is -2.24. The summed E-state index contributed by atoms with van der Waals surface area (Å²) in [7, 11) is 1.45. The third-order valence-corrected chi connectivity index (χ3v) is 5.42. The van der Waals surface area contributed by atoms with E-state index in [1.807, 2.05) is 60.0 Å². The van der Waals surface area contributed by atoms with Crippen molar-refractivity contribution in [2.75, 3.05) is 7.05 Å². The molecule has 0 aliphatic heterocycles. The smallest absolute Gasteiger partial charge is 0.410 e. The first-order valence-corrected chi connectivity index (χ1v) is 9.95. The van der Waals surface area contributed by atoms with Crippen molar-refractivity contribution in [1.82, 2.24) is 14.5 Å². The van der Waals surface area contributed by atoms with Crippen molar-refractivity contribution in [3.63, 3.8) is 0 Å². The molecule has 0 aliphatic rings. The van der Waals surface area contributed by atoms with Gasteiger partial charge < -0.3 is 14.4 Å². The molecule has 1 amide bonds. The molecule has 29 heavy (non-hydrogen) atoms. The average molecular weight is 460 g/mol. The van der Waals surface area contributed by atoms with E-state index in [0.29, 0.717) is 6.54 Å². The summed E-state index contributed by atoms with van der Waals surface area (Å²) >= 11 is 3.53. The molecule has 0 bridgehead atoms. The van der Waals surface area contributed by atoms with E-state index in [1.165, 1.54) is 7.05 Å². The van der Waals surface area contributed by atoms with Gasteiger partial charge in [-0.1, -0.05) is 36.4 Å². The summed E-state index contributed by atoms with van der Waals surface area (Å²) in [6.45, 7) is 2.37. The van der Waals surface area contributed by atoms with E-state index >= 15 is 0 Å². The molecule has 1 aromatic heterocycles. The molecule has 152 valence electrons. The van der Waals surface area contributed by atoms with Crippen LogP contribution in [0.5, 0.6) is 0 Å². The maximum atomic E-state index is 12.4. The van der Waals surface area contributed by atoms with Crippen molar-refractivity contribution in [3.05, 3.63) is 64.4 Å². The number of amides is 1. The predicted octanol–water partition coefficient (Wildman–Crippen LogP) is 4.22. The normalized spacial score (nSPS) is 12.0. The molecule has 2 aromatic carbocycles. The Morgan fingerprint density at radius 3 is 2.62 bits per heavy atom. The van der Waals surface area contributed by atoms with Crippen LogP contribution in [0.2, 0.25) is 0 Å². The fraction of sp³-hybridized carbons (Fsp3) is 0.286. The highest BCUT2D eigenvalue weighted by Crippen LogP contribution is 2.25. The van der Waals surface area contributed by atoms with Crippen LogP contribution in [0.4, 0.5) is 4.79 Å². The van der Waals surface area contributed by atoms with Gasteiger partial charge in [0.05, 0.1) is 11.0 Å². The molecule has 1 atom stereocenters. The number of benzene rings is 2. The van der Waals surface area contributed by atoms with Gasteiger partial charge in [-0.3, -0.25) is 4.90 Å². The summed E-state index contributed by atoms with van der Waals surface area (Å²) in [5.41, 5.74) is 2.58. The van der Waals surface area contributed by atoms with Crippen molar-refractivity contribution < 1.29 is 19.4 Å². The molecule has 1 heterocycles. The molecule has 3 aromatic rings. The van der Waals surface area contributed by atoms with Gasteiger partial charge in [-0.2, -0.15) is 0 Å². The van der Waals surface area contributed by atoms with Crippen molar-refractivity contribution in [2.24, 2.45) is 0 Å². The summed E-state index contributed by atoms with van der Waals surface area (Å²) in [5.74, 6) is -0.296. The molecular weight excluding hydrogens is 438 g/mol. The fourth-order valence-corrected chi connectivity index (χ4v) is 3.78. The van der Waals surface area contributed by atoms with E-state index in [9.17, 15) is 14.7 Å². The van der Waals surface area contributed by atoms with Crippen LogP contribution in [-0.4, -0.2) is 44.7 Å². The molecule has 8 heteroatoms. The predicted molar refractivity (Wildman–Crippen MR) is 113 cm³/mol. The molecule has 0 saturated carbocycles. The standard InChI is InChI=1S/C21H22BrN3O4/c1-14-23-17-10-6-9-16(22)19(17)25(14)12-11-18(20(26)27)24(2)21(28)29-13-15-7-4-3-5-8-15/h3-10,18H,11-13H2,1-2H3,(H,26,27). The van der Waals surface area contributed by atoms with Gasteiger partial charge in [-0.15, -0.1) is 0 Å². The number of halogens is 1.